The second-order valence-electron chi connectivity index (χ2n) is 9.61. The summed E-state index contributed by atoms with van der Waals surface area (Å²) in [6.07, 6.45) is 3.74. The van der Waals surface area contributed by atoms with Crippen molar-refractivity contribution in [3.63, 3.8) is 0 Å². The molecule has 3 nitrogen and oxygen atoms in total. The smallest absolute Gasteiger partial charge is 0.165 e. The summed E-state index contributed by atoms with van der Waals surface area (Å²) < 4.78 is 0. The fourth-order valence-corrected chi connectivity index (χ4v) is 8.67. The molecule has 2 unspecified atom stereocenters. The summed E-state index contributed by atoms with van der Waals surface area (Å²) in [7, 11) is 0. The van der Waals surface area contributed by atoms with Crippen LogP contribution in [-0.2, 0) is 4.79 Å². The van der Waals surface area contributed by atoms with Gasteiger partial charge in [0.25, 0.3) is 0 Å². The van der Waals surface area contributed by atoms with Gasteiger partial charge < -0.3 is 10.2 Å². The van der Waals surface area contributed by atoms with Gasteiger partial charge in [-0.25, -0.2) is 0 Å². The molecule has 8 atom stereocenters. The highest BCUT2D eigenvalue weighted by molar-refractivity contribution is 9.09. The molecule has 25 heavy (non-hydrogen) atoms. The van der Waals surface area contributed by atoms with E-state index < -0.39 is 11.7 Å². The summed E-state index contributed by atoms with van der Waals surface area (Å²) >= 11 is 7.57. The summed E-state index contributed by atoms with van der Waals surface area (Å²) in [5, 5.41) is 23.2. The molecule has 0 spiro atoms. The maximum absolute atomic E-state index is 12.7. The highest BCUT2D eigenvalue weighted by Gasteiger charge is 2.68. The second kappa shape index (κ2) is 6.56. The maximum atomic E-state index is 12.7. The molecule has 2 N–H and O–H groups in total. The van der Waals surface area contributed by atoms with Gasteiger partial charge in [-0.3, -0.25) is 4.79 Å². The molecule has 0 saturated heterocycles. The van der Waals surface area contributed by atoms with Crippen LogP contribution >= 0.6 is 31.9 Å². The Kier molecular flexibility index (Phi) is 5.33. The van der Waals surface area contributed by atoms with Crippen LogP contribution in [-0.4, -0.2) is 37.9 Å². The van der Waals surface area contributed by atoms with Crippen LogP contribution in [0.5, 0.6) is 0 Å². The van der Waals surface area contributed by atoms with Crippen LogP contribution in [0.25, 0.3) is 0 Å². The third-order valence-corrected chi connectivity index (χ3v) is 10.5. The zero-order valence-corrected chi connectivity index (χ0v) is 18.9. The molecule has 0 aromatic rings. The Labute approximate surface area is 168 Å². The van der Waals surface area contributed by atoms with E-state index in [-0.39, 0.29) is 33.3 Å². The zero-order valence-electron chi connectivity index (χ0n) is 15.8. The molecule has 0 amide bonds. The number of ketones is 1. The molecule has 3 aliphatic rings. The Morgan fingerprint density at radius 1 is 1.24 bits per heavy atom. The fourth-order valence-electron chi connectivity index (χ4n) is 6.79. The van der Waals surface area contributed by atoms with E-state index in [1.54, 1.807) is 6.92 Å². The molecule has 3 saturated carbocycles. The second-order valence-corrected chi connectivity index (χ2v) is 11.3. The van der Waals surface area contributed by atoms with Crippen molar-refractivity contribution in [3.05, 3.63) is 0 Å². The molecule has 5 heteroatoms. The number of hydrogen-bond acceptors (Lipinski definition) is 3. The van der Waals surface area contributed by atoms with Crippen molar-refractivity contribution < 1.29 is 15.0 Å². The van der Waals surface area contributed by atoms with Crippen molar-refractivity contribution in [1.29, 1.82) is 0 Å². The summed E-state index contributed by atoms with van der Waals surface area (Å²) in [5.74, 6) is 0.688. The van der Waals surface area contributed by atoms with Gasteiger partial charge >= 0.3 is 0 Å². The normalized spacial score (nSPS) is 53.5. The number of carbonyl (C=O) groups is 1. The third-order valence-electron chi connectivity index (χ3n) is 8.09. The highest BCUT2D eigenvalue weighted by Crippen LogP contribution is 2.67. The van der Waals surface area contributed by atoms with Crippen molar-refractivity contribution >= 4 is 37.6 Å². The first-order valence-corrected chi connectivity index (χ1v) is 11.7. The average molecular weight is 480 g/mol. The SMILES string of the molecule is CC(C)[C@@H]1CC[C@H](O)C2C3[C@](C)(CC[C@@]21CBr)[C@@H](Br)CC(=O)[C@@]3(C)O. The molecule has 144 valence electrons. The lowest BCUT2D eigenvalue weighted by Gasteiger charge is -2.67. The largest absolute Gasteiger partial charge is 0.393 e. The number of carbonyl (C=O) groups excluding carboxylic acids is 1. The number of rotatable bonds is 2. The van der Waals surface area contributed by atoms with E-state index >= 15 is 0 Å². The maximum Gasteiger partial charge on any atom is 0.165 e. The van der Waals surface area contributed by atoms with E-state index in [0.29, 0.717) is 18.3 Å². The standard InChI is InChI=1S/C20H32Br2O3/c1-11(2)12-5-6-13(23)16-17-18(3,7-8-20(12,16)10-21)14(22)9-15(24)19(17,4)25/h11-14,16-17,23,25H,5-10H2,1-4H3/t12-,13-,14-,16?,17?,18+,19+,20-/m0/s1. The number of aliphatic hydroxyl groups is 2. The first-order chi connectivity index (χ1) is 11.5. The minimum atomic E-state index is -1.36. The molecule has 3 rings (SSSR count). The van der Waals surface area contributed by atoms with Crippen LogP contribution in [0.3, 0.4) is 0 Å². The Morgan fingerprint density at radius 2 is 1.88 bits per heavy atom. The molecular weight excluding hydrogens is 448 g/mol. The Hall–Kier alpha value is 0.550. The van der Waals surface area contributed by atoms with Gasteiger partial charge in [-0.15, -0.1) is 0 Å². The molecule has 3 fully saturated rings. The highest BCUT2D eigenvalue weighted by atomic mass is 79.9. The van der Waals surface area contributed by atoms with E-state index in [0.717, 1.165) is 31.0 Å². The minimum Gasteiger partial charge on any atom is -0.393 e. The fraction of sp³-hybridized carbons (Fsp3) is 0.950. The lowest BCUT2D eigenvalue weighted by molar-refractivity contribution is -0.218. The van der Waals surface area contributed by atoms with Crippen molar-refractivity contribution in [1.82, 2.24) is 0 Å². The van der Waals surface area contributed by atoms with Gasteiger partial charge in [-0.1, -0.05) is 52.6 Å². The van der Waals surface area contributed by atoms with E-state index in [1.807, 2.05) is 0 Å². The number of halogens is 2. The van der Waals surface area contributed by atoms with Gasteiger partial charge in [0.05, 0.1) is 6.10 Å². The van der Waals surface area contributed by atoms with E-state index in [1.165, 1.54) is 0 Å². The van der Waals surface area contributed by atoms with Crippen molar-refractivity contribution in [2.75, 3.05) is 5.33 Å². The Balaban J connectivity index is 2.16. The van der Waals surface area contributed by atoms with Crippen LogP contribution in [0.1, 0.15) is 59.8 Å². The van der Waals surface area contributed by atoms with Crippen LogP contribution in [0.15, 0.2) is 0 Å². The molecule has 0 aromatic heterocycles. The molecule has 0 aliphatic heterocycles. The summed E-state index contributed by atoms with van der Waals surface area (Å²) in [6, 6.07) is 0. The van der Waals surface area contributed by atoms with Crippen molar-refractivity contribution in [3.8, 4) is 0 Å². The third kappa shape index (κ3) is 2.74. The molecule has 0 aromatic carbocycles. The van der Waals surface area contributed by atoms with Gasteiger partial charge in [0.2, 0.25) is 0 Å². The predicted octanol–water partition coefficient (Wildman–Crippen LogP) is 4.31. The van der Waals surface area contributed by atoms with Crippen molar-refractivity contribution in [2.24, 2.45) is 34.5 Å². The molecule has 0 heterocycles. The number of fused-ring (bicyclic) bond motifs is 3. The molecule has 0 radical (unpaired) electrons. The first-order valence-electron chi connectivity index (χ1n) is 9.66. The van der Waals surface area contributed by atoms with E-state index in [9.17, 15) is 15.0 Å². The monoisotopic (exact) mass is 478 g/mol. The number of Topliss-reactive ketones (excluding diaryl/α,β-unsaturated/α-hetero) is 1. The minimum absolute atomic E-state index is 0.0499. The summed E-state index contributed by atoms with van der Waals surface area (Å²) in [4.78, 5) is 12.8. The van der Waals surface area contributed by atoms with Crippen LogP contribution in [0.4, 0.5) is 0 Å². The summed E-state index contributed by atoms with van der Waals surface area (Å²) in [6.45, 7) is 8.46. The van der Waals surface area contributed by atoms with Gasteiger partial charge in [0, 0.05) is 22.5 Å². The quantitative estimate of drug-likeness (QED) is 0.580. The lowest BCUT2D eigenvalue weighted by atomic mass is 9.40. The average Bonchev–Trinajstić information content (AvgIpc) is 2.53. The van der Waals surface area contributed by atoms with Crippen molar-refractivity contribution in [2.45, 2.75) is 76.3 Å². The zero-order chi connectivity index (χ0) is 18.8. The van der Waals surface area contributed by atoms with Gasteiger partial charge in [0.15, 0.2) is 5.78 Å². The Bertz CT molecular complexity index is 549. The summed E-state index contributed by atoms with van der Waals surface area (Å²) in [5.41, 5.74) is -1.59. The predicted molar refractivity (Wildman–Crippen MR) is 107 cm³/mol. The topological polar surface area (TPSA) is 57.5 Å². The molecule has 0 bridgehead atoms. The van der Waals surface area contributed by atoms with Gasteiger partial charge in [0.1, 0.15) is 5.60 Å². The Morgan fingerprint density at radius 3 is 2.44 bits per heavy atom. The van der Waals surface area contributed by atoms with Crippen LogP contribution in [0, 0.1) is 34.5 Å². The van der Waals surface area contributed by atoms with E-state index in [2.05, 4.69) is 52.6 Å². The van der Waals surface area contributed by atoms with Gasteiger partial charge in [-0.05, 0) is 61.2 Å². The molecular formula is C20H32Br2O3. The molecule has 3 aliphatic carbocycles. The first kappa shape index (κ1) is 20.3. The van der Waals surface area contributed by atoms with Crippen LogP contribution in [0.2, 0.25) is 0 Å². The number of alkyl halides is 2. The van der Waals surface area contributed by atoms with E-state index in [4.69, 9.17) is 0 Å². The number of aliphatic hydroxyl groups excluding tert-OH is 1. The lowest BCUT2D eigenvalue weighted by Crippen LogP contribution is -2.70. The van der Waals surface area contributed by atoms with Crippen LogP contribution < -0.4 is 0 Å². The van der Waals surface area contributed by atoms with Gasteiger partial charge in [-0.2, -0.15) is 0 Å². The number of hydrogen-bond donors (Lipinski definition) is 2.